The average Bonchev–Trinajstić information content (AvgIpc) is 3.12. The van der Waals surface area contributed by atoms with Crippen molar-refractivity contribution in [3.05, 3.63) is 94.6 Å². The van der Waals surface area contributed by atoms with E-state index in [2.05, 4.69) is 68.3 Å². The summed E-state index contributed by atoms with van der Waals surface area (Å²) in [4.78, 5) is 10.9. The van der Waals surface area contributed by atoms with Crippen LogP contribution in [0.25, 0.3) is 10.9 Å². The molecule has 2 aromatic carbocycles. The number of hydrogen-bond acceptors (Lipinski definition) is 2. The van der Waals surface area contributed by atoms with Gasteiger partial charge in [-0.1, -0.05) is 36.4 Å². The number of rotatable bonds is 5. The minimum Gasteiger partial charge on any atom is -1.00 e. The third kappa shape index (κ3) is 4.70. The van der Waals surface area contributed by atoms with Crippen LogP contribution in [0.1, 0.15) is 34.0 Å². The Morgan fingerprint density at radius 1 is 1.06 bits per heavy atom. The van der Waals surface area contributed by atoms with Gasteiger partial charge in [0.05, 0.1) is 26.7 Å². The molecule has 2 aromatic heterocycles. The van der Waals surface area contributed by atoms with E-state index in [-0.39, 0.29) is 35.8 Å². The van der Waals surface area contributed by atoms with Gasteiger partial charge in [0.15, 0.2) is 5.82 Å². The van der Waals surface area contributed by atoms with Crippen LogP contribution in [-0.2, 0) is 19.4 Å². The number of aryl methyl sites for hydroxylation is 1. The van der Waals surface area contributed by atoms with E-state index in [1.807, 2.05) is 12.3 Å². The number of nitrogens with one attached hydrogen (secondary N) is 1. The smallest absolute Gasteiger partial charge is 0.153 e. The Bertz CT molecular complexity index is 1310. The Hall–Kier alpha value is -2.45. The first-order valence-corrected chi connectivity index (χ1v) is 11.7. The molecule has 0 amide bonds. The van der Waals surface area contributed by atoms with Gasteiger partial charge < -0.3 is 38.3 Å². The lowest BCUT2D eigenvalue weighted by molar-refractivity contribution is -0.902. The van der Waals surface area contributed by atoms with Crippen molar-refractivity contribution in [3.63, 3.8) is 0 Å². The Morgan fingerprint density at radius 3 is 2.56 bits per heavy atom. The van der Waals surface area contributed by atoms with Gasteiger partial charge in [-0.3, -0.25) is 0 Å². The van der Waals surface area contributed by atoms with Crippen LogP contribution < -0.4 is 28.9 Å². The van der Waals surface area contributed by atoms with Crippen molar-refractivity contribution in [2.45, 2.75) is 32.4 Å². The van der Waals surface area contributed by atoms with Crippen molar-refractivity contribution < 1.29 is 32.9 Å². The van der Waals surface area contributed by atoms with Crippen molar-refractivity contribution in [3.8, 4) is 0 Å². The number of pyridine rings is 1. The SMILES string of the molecule is Cc1[nH]c2c(N3CCc4ccccc4C3)nccc2c1C(Cc1cccc(F)c1)[N+](C)(C)C.[I-]. The van der Waals surface area contributed by atoms with Crippen LogP contribution in [-0.4, -0.2) is 42.1 Å². The van der Waals surface area contributed by atoms with Crippen LogP contribution in [0.5, 0.6) is 0 Å². The quantitative estimate of drug-likeness (QED) is 0.296. The Balaban J connectivity index is 0.00000274. The molecule has 0 saturated heterocycles. The van der Waals surface area contributed by atoms with E-state index < -0.39 is 0 Å². The van der Waals surface area contributed by atoms with Crippen molar-refractivity contribution in [2.75, 3.05) is 32.6 Å². The van der Waals surface area contributed by atoms with E-state index in [9.17, 15) is 4.39 Å². The first-order chi connectivity index (χ1) is 15.8. The average molecular weight is 570 g/mol. The number of aromatic nitrogens is 2. The van der Waals surface area contributed by atoms with Crippen molar-refractivity contribution in [2.24, 2.45) is 0 Å². The minimum absolute atomic E-state index is 0. The van der Waals surface area contributed by atoms with Crippen LogP contribution in [0.15, 0.2) is 60.8 Å². The lowest BCUT2D eigenvalue weighted by Crippen LogP contribution is -3.00. The summed E-state index contributed by atoms with van der Waals surface area (Å²) in [6, 6.07) is 18.0. The van der Waals surface area contributed by atoms with Gasteiger partial charge in [0, 0.05) is 42.4 Å². The van der Waals surface area contributed by atoms with Crippen LogP contribution in [0.3, 0.4) is 0 Å². The fourth-order valence-electron chi connectivity index (χ4n) is 5.25. The summed E-state index contributed by atoms with van der Waals surface area (Å²) in [6.45, 7) is 3.98. The second kappa shape index (κ2) is 9.66. The Labute approximate surface area is 218 Å². The monoisotopic (exact) mass is 570 g/mol. The number of quaternary nitrogens is 1. The van der Waals surface area contributed by atoms with E-state index >= 15 is 0 Å². The second-order valence-electron chi connectivity index (χ2n) is 10.1. The molecule has 0 radical (unpaired) electrons. The summed E-state index contributed by atoms with van der Waals surface area (Å²) < 4.78 is 14.7. The zero-order valence-electron chi connectivity index (χ0n) is 20.3. The minimum atomic E-state index is -0.180. The number of halogens is 2. The first-order valence-electron chi connectivity index (χ1n) is 11.7. The van der Waals surface area contributed by atoms with Gasteiger partial charge in [-0.25, -0.2) is 9.37 Å². The van der Waals surface area contributed by atoms with Crippen molar-refractivity contribution >= 4 is 16.7 Å². The molecule has 0 saturated carbocycles. The predicted molar refractivity (Wildman–Crippen MR) is 133 cm³/mol. The summed E-state index contributed by atoms with van der Waals surface area (Å²) in [5.41, 5.74) is 7.38. The van der Waals surface area contributed by atoms with Gasteiger partial charge in [0.25, 0.3) is 0 Å². The highest BCUT2D eigenvalue weighted by Crippen LogP contribution is 2.38. The maximum atomic E-state index is 13.9. The molecule has 0 bridgehead atoms. The van der Waals surface area contributed by atoms with E-state index in [0.717, 1.165) is 53.0 Å². The third-order valence-electron chi connectivity index (χ3n) is 6.95. The van der Waals surface area contributed by atoms with Gasteiger partial charge in [-0.2, -0.15) is 0 Å². The molecule has 0 aliphatic carbocycles. The summed E-state index contributed by atoms with van der Waals surface area (Å²) in [5, 5.41) is 1.21. The number of nitrogens with zero attached hydrogens (tertiary/aromatic N) is 3. The number of H-pyrrole nitrogens is 1. The van der Waals surface area contributed by atoms with E-state index in [1.54, 1.807) is 12.1 Å². The fourth-order valence-corrected chi connectivity index (χ4v) is 5.25. The zero-order chi connectivity index (χ0) is 23.2. The highest BCUT2D eigenvalue weighted by molar-refractivity contribution is 5.93. The first kappa shape index (κ1) is 24.7. The molecule has 178 valence electrons. The maximum Gasteiger partial charge on any atom is 0.153 e. The lowest BCUT2D eigenvalue weighted by atomic mass is 9.94. The number of hydrogen-bond donors (Lipinski definition) is 1. The molecule has 4 nitrogen and oxygen atoms in total. The molecular weight excluding hydrogens is 538 g/mol. The molecular formula is C28H32FIN4. The standard InChI is InChI=1S/C28H32FN4.HI/c1-19-26(25(33(2,3)4)17-20-8-7-11-23(29)16-20)24-12-14-30-28(27(24)31-19)32-15-13-21-9-5-6-10-22(21)18-32;/h5-12,14,16,25,31H,13,15,17-18H2,1-4H3;1H/q+1;/p-1. The van der Waals surface area contributed by atoms with Crippen LogP contribution in [0, 0.1) is 12.7 Å². The highest BCUT2D eigenvalue weighted by atomic mass is 127. The van der Waals surface area contributed by atoms with E-state index in [0.29, 0.717) is 0 Å². The number of anilines is 1. The van der Waals surface area contributed by atoms with Gasteiger partial charge in [0.2, 0.25) is 0 Å². The fraction of sp³-hybridized carbons (Fsp3) is 0.321. The highest BCUT2D eigenvalue weighted by Gasteiger charge is 2.32. The third-order valence-corrected chi connectivity index (χ3v) is 6.95. The molecule has 3 heterocycles. The molecule has 1 aliphatic heterocycles. The molecule has 5 rings (SSSR count). The zero-order valence-corrected chi connectivity index (χ0v) is 22.4. The molecule has 0 spiro atoms. The molecule has 4 aromatic rings. The number of likely N-dealkylation sites (N-methyl/N-ethyl adjacent to an activating group) is 1. The molecule has 1 aliphatic rings. The number of fused-ring (bicyclic) bond motifs is 2. The molecule has 1 N–H and O–H groups in total. The summed E-state index contributed by atoms with van der Waals surface area (Å²) in [7, 11) is 6.64. The Kier molecular flexibility index (Phi) is 7.01. The summed E-state index contributed by atoms with van der Waals surface area (Å²) >= 11 is 0. The number of benzene rings is 2. The van der Waals surface area contributed by atoms with Crippen LogP contribution >= 0.6 is 0 Å². The van der Waals surface area contributed by atoms with Crippen LogP contribution in [0.2, 0.25) is 0 Å². The normalized spacial score (nSPS) is 14.6. The molecule has 1 unspecified atom stereocenters. The summed E-state index contributed by atoms with van der Waals surface area (Å²) in [6.07, 6.45) is 3.73. The molecule has 34 heavy (non-hydrogen) atoms. The largest absolute Gasteiger partial charge is 1.00 e. The number of aromatic amines is 1. The van der Waals surface area contributed by atoms with Crippen molar-refractivity contribution in [1.29, 1.82) is 0 Å². The predicted octanol–water partition coefficient (Wildman–Crippen LogP) is 2.57. The van der Waals surface area contributed by atoms with Gasteiger partial charge in [-0.05, 0) is 48.2 Å². The second-order valence-corrected chi connectivity index (χ2v) is 10.1. The van der Waals surface area contributed by atoms with Gasteiger partial charge in [0.1, 0.15) is 11.9 Å². The maximum absolute atomic E-state index is 13.9. The topological polar surface area (TPSA) is 31.9 Å². The van der Waals surface area contributed by atoms with E-state index in [4.69, 9.17) is 4.98 Å². The van der Waals surface area contributed by atoms with Crippen molar-refractivity contribution in [1.82, 2.24) is 9.97 Å². The lowest BCUT2D eigenvalue weighted by Gasteiger charge is -2.35. The molecule has 6 heteroatoms. The Morgan fingerprint density at radius 2 is 1.82 bits per heavy atom. The summed E-state index contributed by atoms with van der Waals surface area (Å²) in [5.74, 6) is 0.836. The van der Waals surface area contributed by atoms with Crippen LogP contribution in [0.4, 0.5) is 10.2 Å². The molecule has 1 atom stereocenters. The van der Waals surface area contributed by atoms with E-state index in [1.165, 1.54) is 28.1 Å². The van der Waals surface area contributed by atoms with Gasteiger partial charge in [-0.15, -0.1) is 0 Å². The molecule has 0 fully saturated rings. The van der Waals surface area contributed by atoms with Gasteiger partial charge >= 0.3 is 0 Å².